The number of carbonyl (C=O) groups excluding carboxylic acids is 1. The smallest absolute Gasteiger partial charge is 0.268 e. The highest BCUT2D eigenvalue weighted by Crippen LogP contribution is 2.42. The van der Waals surface area contributed by atoms with Crippen molar-refractivity contribution in [2.75, 3.05) is 33.9 Å². The van der Waals surface area contributed by atoms with Gasteiger partial charge in [0, 0.05) is 72.9 Å². The predicted octanol–water partition coefficient (Wildman–Crippen LogP) is 5.14. The highest BCUT2D eigenvalue weighted by Gasteiger charge is 2.23. The molecule has 5 heterocycles. The maximum atomic E-state index is 13.4. The number of hydrogen-bond donors (Lipinski definition) is 3. The van der Waals surface area contributed by atoms with E-state index >= 15 is 0 Å². The Bertz CT molecular complexity index is 2190. The van der Waals surface area contributed by atoms with Crippen molar-refractivity contribution in [2.45, 2.75) is 31.5 Å². The van der Waals surface area contributed by atoms with Crippen LogP contribution in [0.3, 0.4) is 0 Å². The summed E-state index contributed by atoms with van der Waals surface area (Å²) in [6, 6.07) is 19.3. The average molecular weight is 713 g/mol. The van der Waals surface area contributed by atoms with E-state index in [0.717, 1.165) is 39.8 Å². The van der Waals surface area contributed by atoms with Gasteiger partial charge in [-0.05, 0) is 30.2 Å². The van der Waals surface area contributed by atoms with Crippen LogP contribution in [0.2, 0.25) is 10.0 Å². The molecule has 1 unspecified atom stereocenters. The Morgan fingerprint density at radius 3 is 2.42 bits per heavy atom. The first-order valence-electron chi connectivity index (χ1n) is 16.3. The van der Waals surface area contributed by atoms with Crippen molar-refractivity contribution in [3.05, 3.63) is 105 Å². The molecule has 3 N–H and O–H groups in total. The number of benzene rings is 2. The van der Waals surface area contributed by atoms with Crippen molar-refractivity contribution in [1.82, 2.24) is 30.3 Å². The molecule has 0 saturated carbocycles. The van der Waals surface area contributed by atoms with Gasteiger partial charge < -0.3 is 25.4 Å². The van der Waals surface area contributed by atoms with E-state index in [1.807, 2.05) is 60.7 Å². The van der Waals surface area contributed by atoms with Gasteiger partial charge in [0.05, 0.1) is 42.0 Å². The van der Waals surface area contributed by atoms with Crippen LogP contribution in [0, 0.1) is 0 Å². The van der Waals surface area contributed by atoms with Crippen LogP contribution < -0.4 is 26.2 Å². The van der Waals surface area contributed by atoms with E-state index in [1.165, 1.54) is 4.40 Å². The first-order chi connectivity index (χ1) is 24.3. The van der Waals surface area contributed by atoms with E-state index in [4.69, 9.17) is 37.7 Å². The Hall–Kier alpha value is -4.81. The molecule has 1 fully saturated rings. The Balaban J connectivity index is 1.14. The molecule has 7 rings (SSSR count). The number of nitrogens with one attached hydrogen (secondary N) is 3. The highest BCUT2D eigenvalue weighted by molar-refractivity contribution is 6.39. The van der Waals surface area contributed by atoms with Crippen LogP contribution in [0.25, 0.3) is 39.2 Å². The van der Waals surface area contributed by atoms with Gasteiger partial charge >= 0.3 is 0 Å². The standard InChI is InChI=1S/C37H35Cl2N7O4/c1-49-20-24-18-42-35(44-24)29-19-41-31-15-21(13-14-46(31)37(29)48)25-5-3-6-26(33(25)38)27-7-4-8-28(34(27)39)30-11-9-22(36(45-30)50-2)16-40-17-23-10-12-32(47)43-23/h3-9,11,13-15,19,23-24,40H,10,12,16-18,20H2,1-2H3,(H,42,44)(H,43,47)/t23-,24?/m0/s1. The van der Waals surface area contributed by atoms with E-state index in [-0.39, 0.29) is 23.6 Å². The van der Waals surface area contributed by atoms with Gasteiger partial charge in [-0.1, -0.05) is 65.7 Å². The van der Waals surface area contributed by atoms with Crippen molar-refractivity contribution in [3.8, 4) is 39.4 Å². The van der Waals surface area contributed by atoms with Crippen LogP contribution in [0.5, 0.6) is 5.88 Å². The molecule has 0 radical (unpaired) electrons. The van der Waals surface area contributed by atoms with E-state index in [0.29, 0.717) is 71.3 Å². The lowest BCUT2D eigenvalue weighted by molar-refractivity contribution is -0.119. The summed E-state index contributed by atoms with van der Waals surface area (Å²) in [7, 11) is 3.22. The molecule has 11 nitrogen and oxygen atoms in total. The van der Waals surface area contributed by atoms with Crippen molar-refractivity contribution >= 4 is 40.6 Å². The maximum absolute atomic E-state index is 13.4. The first kappa shape index (κ1) is 33.7. The lowest BCUT2D eigenvalue weighted by atomic mass is 9.97. The molecule has 2 aliphatic heterocycles. The van der Waals surface area contributed by atoms with Gasteiger partial charge in [-0.25, -0.2) is 9.97 Å². The van der Waals surface area contributed by atoms with Crippen LogP contribution in [-0.2, 0) is 16.1 Å². The van der Waals surface area contributed by atoms with Gasteiger partial charge in [0.15, 0.2) is 0 Å². The zero-order valence-electron chi connectivity index (χ0n) is 27.5. The number of carbonyl (C=O) groups is 1. The molecule has 1 saturated heterocycles. The summed E-state index contributed by atoms with van der Waals surface area (Å²) in [5.74, 6) is 1.11. The van der Waals surface area contributed by atoms with Crippen molar-refractivity contribution in [1.29, 1.82) is 0 Å². The summed E-state index contributed by atoms with van der Waals surface area (Å²) >= 11 is 14.2. The van der Waals surface area contributed by atoms with E-state index in [9.17, 15) is 9.59 Å². The largest absolute Gasteiger partial charge is 0.481 e. The number of halogens is 2. The van der Waals surface area contributed by atoms with Crippen molar-refractivity contribution in [3.63, 3.8) is 0 Å². The highest BCUT2D eigenvalue weighted by atomic mass is 35.5. The number of pyridine rings is 2. The molecule has 2 aromatic carbocycles. The number of aromatic nitrogens is 3. The maximum Gasteiger partial charge on any atom is 0.268 e. The summed E-state index contributed by atoms with van der Waals surface area (Å²) < 4.78 is 12.4. The number of nitrogens with zero attached hydrogens (tertiary/aromatic N) is 4. The number of rotatable bonds is 11. The first-order valence-corrected chi connectivity index (χ1v) is 17.0. The number of hydrogen-bond acceptors (Lipinski definition) is 9. The summed E-state index contributed by atoms with van der Waals surface area (Å²) in [5.41, 5.74) is 6.01. The molecule has 2 atom stereocenters. The Labute approximate surface area is 298 Å². The molecule has 0 spiro atoms. The molecule has 2 aliphatic rings. The van der Waals surface area contributed by atoms with Crippen LogP contribution >= 0.6 is 23.2 Å². The number of aliphatic imine (C=N–C) groups is 1. The van der Waals surface area contributed by atoms with Crippen LogP contribution in [0.15, 0.2) is 82.8 Å². The number of methoxy groups -OCH3 is 2. The number of amidine groups is 1. The third-order valence-corrected chi connectivity index (χ3v) is 9.76. The van der Waals surface area contributed by atoms with Gasteiger partial charge in [-0.15, -0.1) is 0 Å². The van der Waals surface area contributed by atoms with E-state index < -0.39 is 0 Å². The van der Waals surface area contributed by atoms with Crippen LogP contribution in [-0.4, -0.2) is 72.1 Å². The van der Waals surface area contributed by atoms with Gasteiger partial charge in [-0.2, -0.15) is 0 Å². The lowest BCUT2D eigenvalue weighted by Crippen LogP contribution is -2.37. The third kappa shape index (κ3) is 6.69. The zero-order chi connectivity index (χ0) is 34.8. The molecular formula is C37H35Cl2N7O4. The number of fused-ring (bicyclic) bond motifs is 1. The Kier molecular flexibility index (Phi) is 9.82. The summed E-state index contributed by atoms with van der Waals surface area (Å²) in [5, 5.41) is 10.6. The van der Waals surface area contributed by atoms with E-state index in [2.05, 4.69) is 25.9 Å². The average Bonchev–Trinajstić information content (AvgIpc) is 3.77. The summed E-state index contributed by atoms with van der Waals surface area (Å²) in [4.78, 5) is 38.7. The van der Waals surface area contributed by atoms with Crippen LogP contribution in [0.4, 0.5) is 0 Å². The molecule has 1 amide bonds. The minimum absolute atomic E-state index is 0.0211. The topological polar surface area (TPSA) is 131 Å². The van der Waals surface area contributed by atoms with Gasteiger partial charge in [-0.3, -0.25) is 19.0 Å². The van der Waals surface area contributed by atoms with Gasteiger partial charge in [0.2, 0.25) is 11.8 Å². The second kappa shape index (κ2) is 14.6. The second-order valence-corrected chi connectivity index (χ2v) is 13.0. The molecule has 0 bridgehead atoms. The monoisotopic (exact) mass is 711 g/mol. The fourth-order valence-corrected chi connectivity index (χ4v) is 7.05. The molecule has 256 valence electrons. The quantitative estimate of drug-likeness (QED) is 0.172. The van der Waals surface area contributed by atoms with Crippen molar-refractivity contribution in [2.24, 2.45) is 4.99 Å². The fraction of sp³-hybridized carbons (Fsp3) is 0.270. The van der Waals surface area contributed by atoms with Gasteiger partial charge in [0.25, 0.3) is 5.56 Å². The molecule has 13 heteroatoms. The van der Waals surface area contributed by atoms with Gasteiger partial charge in [0.1, 0.15) is 17.0 Å². The fourth-order valence-electron chi connectivity index (χ4n) is 6.39. The molecular weight excluding hydrogens is 677 g/mol. The third-order valence-electron chi connectivity index (χ3n) is 8.94. The number of ether oxygens (including phenoxy) is 2. The Morgan fingerprint density at radius 1 is 0.920 bits per heavy atom. The summed E-state index contributed by atoms with van der Waals surface area (Å²) in [6.45, 7) is 2.24. The normalized spacial score (nSPS) is 17.1. The molecule has 0 aliphatic carbocycles. The Morgan fingerprint density at radius 2 is 1.68 bits per heavy atom. The van der Waals surface area contributed by atoms with E-state index in [1.54, 1.807) is 26.6 Å². The SMILES string of the molecule is COCC1CN=C(c2cnc3cc(-c4cccc(-c5cccc(-c6ccc(CNC[C@@H]7CCC(=O)N7)c(OC)n6)c5Cl)c4Cl)ccn3c2=O)N1. The minimum Gasteiger partial charge on any atom is -0.481 e. The molecule has 5 aromatic rings. The molecule has 50 heavy (non-hydrogen) atoms. The lowest BCUT2D eigenvalue weighted by Gasteiger charge is -2.16. The minimum atomic E-state index is -0.220. The van der Waals surface area contributed by atoms with Crippen molar-refractivity contribution < 1.29 is 14.3 Å². The predicted molar refractivity (Wildman–Crippen MR) is 195 cm³/mol. The molecule has 3 aromatic heterocycles. The second-order valence-electron chi connectivity index (χ2n) is 12.2. The van der Waals surface area contributed by atoms with Crippen LogP contribution in [0.1, 0.15) is 24.0 Å². The summed E-state index contributed by atoms with van der Waals surface area (Å²) in [6.07, 6.45) is 4.65. The zero-order valence-corrected chi connectivity index (χ0v) is 29.0. The number of amides is 1.